The maximum absolute atomic E-state index is 13.3. The molecule has 0 aromatic carbocycles. The monoisotopic (exact) mass is 361 g/mol. The van der Waals surface area contributed by atoms with Crippen LogP contribution in [0, 0.1) is 6.92 Å². The first-order chi connectivity index (χ1) is 12.5. The highest BCUT2D eigenvalue weighted by molar-refractivity contribution is 6.10. The minimum atomic E-state index is -0.0325. The quantitative estimate of drug-likeness (QED) is 0.770. The fourth-order valence-electron chi connectivity index (χ4n) is 3.18. The molecule has 142 valence electrons. The fraction of sp³-hybridized carbons (Fsp3) is 0.611. The van der Waals surface area contributed by atoms with Crippen molar-refractivity contribution in [2.45, 2.75) is 13.8 Å². The van der Waals surface area contributed by atoms with Crippen molar-refractivity contribution in [3.8, 4) is 0 Å². The largest absolute Gasteiger partial charge is 0.442 e. The van der Waals surface area contributed by atoms with E-state index in [1.165, 1.54) is 6.33 Å². The average Bonchev–Trinajstić information content (AvgIpc) is 2.98. The van der Waals surface area contributed by atoms with Gasteiger partial charge >= 0.3 is 0 Å². The first kappa shape index (κ1) is 18.6. The van der Waals surface area contributed by atoms with Gasteiger partial charge in [-0.1, -0.05) is 0 Å². The molecule has 1 saturated heterocycles. The molecule has 0 N–H and O–H groups in total. The average molecular weight is 361 g/mol. The Kier molecular flexibility index (Phi) is 5.73. The second kappa shape index (κ2) is 8.01. The van der Waals surface area contributed by atoms with Gasteiger partial charge in [0.2, 0.25) is 5.71 Å². The Morgan fingerprint density at radius 3 is 2.62 bits per heavy atom. The zero-order valence-corrected chi connectivity index (χ0v) is 16.0. The summed E-state index contributed by atoms with van der Waals surface area (Å²) in [6, 6.07) is 0. The Balaban J connectivity index is 2.01. The van der Waals surface area contributed by atoms with Crippen molar-refractivity contribution in [3.05, 3.63) is 17.7 Å². The molecule has 3 rings (SSSR count). The molecule has 8 nitrogen and oxygen atoms in total. The Morgan fingerprint density at radius 1 is 1.23 bits per heavy atom. The van der Waals surface area contributed by atoms with E-state index in [-0.39, 0.29) is 5.91 Å². The molecule has 0 spiro atoms. The van der Waals surface area contributed by atoms with E-state index in [9.17, 15) is 4.79 Å². The number of nitrogens with zero attached hydrogens (tertiary/aromatic N) is 5. The predicted molar refractivity (Wildman–Crippen MR) is 99.7 cm³/mol. The Bertz CT molecular complexity index is 768. The molecule has 2 aromatic heterocycles. The molecule has 0 aliphatic carbocycles. The lowest BCUT2D eigenvalue weighted by molar-refractivity contribution is 0.0754. The van der Waals surface area contributed by atoms with Crippen molar-refractivity contribution in [2.24, 2.45) is 0 Å². The van der Waals surface area contributed by atoms with Gasteiger partial charge in [-0.2, -0.15) is 0 Å². The van der Waals surface area contributed by atoms with Gasteiger partial charge in [-0.15, -0.1) is 0 Å². The molecule has 1 aliphatic rings. The lowest BCUT2D eigenvalue weighted by Gasteiger charge is -2.28. The van der Waals surface area contributed by atoms with Gasteiger partial charge in [0.15, 0.2) is 0 Å². The van der Waals surface area contributed by atoms with E-state index < -0.39 is 0 Å². The summed E-state index contributed by atoms with van der Waals surface area (Å²) in [7, 11) is 4.00. The van der Waals surface area contributed by atoms with Crippen LogP contribution in [0.2, 0.25) is 0 Å². The van der Waals surface area contributed by atoms with Crippen molar-refractivity contribution >= 4 is 22.8 Å². The molecule has 0 bridgehead atoms. The molecular weight excluding hydrogens is 334 g/mol. The van der Waals surface area contributed by atoms with Crippen molar-refractivity contribution in [1.82, 2.24) is 19.8 Å². The third kappa shape index (κ3) is 3.66. The van der Waals surface area contributed by atoms with Gasteiger partial charge in [0.1, 0.15) is 17.9 Å². The first-order valence-corrected chi connectivity index (χ1v) is 9.03. The topological polar surface area (TPSA) is 74.9 Å². The summed E-state index contributed by atoms with van der Waals surface area (Å²) in [6.45, 7) is 8.69. The number of hydrogen-bond acceptors (Lipinski definition) is 7. The minimum Gasteiger partial charge on any atom is -0.442 e. The number of fused-ring (bicyclic) bond motifs is 1. The molecule has 1 amide bonds. The number of amides is 1. The number of hydrogen-bond donors (Lipinski definition) is 0. The zero-order chi connectivity index (χ0) is 18.7. The summed E-state index contributed by atoms with van der Waals surface area (Å²) in [5, 5.41) is 0.709. The van der Waals surface area contributed by atoms with E-state index in [4.69, 9.17) is 9.15 Å². The zero-order valence-electron chi connectivity index (χ0n) is 16.0. The highest BCUT2D eigenvalue weighted by Crippen LogP contribution is 2.32. The van der Waals surface area contributed by atoms with E-state index >= 15 is 0 Å². The van der Waals surface area contributed by atoms with Crippen LogP contribution in [0.3, 0.4) is 0 Å². The van der Waals surface area contributed by atoms with Crippen LogP contribution in [0.4, 0.5) is 5.82 Å². The lowest BCUT2D eigenvalue weighted by atomic mass is 10.1. The molecule has 0 radical (unpaired) electrons. The van der Waals surface area contributed by atoms with Gasteiger partial charge in [-0.05, 0) is 27.9 Å². The second-order valence-electron chi connectivity index (χ2n) is 6.70. The fourth-order valence-corrected chi connectivity index (χ4v) is 3.18. The summed E-state index contributed by atoms with van der Waals surface area (Å²) >= 11 is 0. The summed E-state index contributed by atoms with van der Waals surface area (Å²) in [6.07, 6.45) is 1.49. The van der Waals surface area contributed by atoms with Crippen LogP contribution in [0.1, 0.15) is 23.0 Å². The van der Waals surface area contributed by atoms with Gasteiger partial charge in [0.05, 0.1) is 24.2 Å². The Morgan fingerprint density at radius 2 is 1.96 bits per heavy atom. The maximum atomic E-state index is 13.3. The third-order valence-corrected chi connectivity index (χ3v) is 4.65. The summed E-state index contributed by atoms with van der Waals surface area (Å²) in [5.74, 6) is 1.31. The molecule has 0 unspecified atom stereocenters. The molecule has 2 aromatic rings. The number of ether oxygens (including phenoxy) is 1. The number of aryl methyl sites for hydroxylation is 1. The van der Waals surface area contributed by atoms with Crippen LogP contribution in [0.25, 0.3) is 11.1 Å². The summed E-state index contributed by atoms with van der Waals surface area (Å²) < 4.78 is 11.2. The van der Waals surface area contributed by atoms with E-state index in [0.29, 0.717) is 48.7 Å². The van der Waals surface area contributed by atoms with Crippen LogP contribution in [-0.2, 0) is 4.74 Å². The standard InChI is InChI=1S/C18H27N5O3/c1-5-22(7-6-21(3)4)18(24)14-13(2)26-17-15(14)16(19-12-20-17)23-8-10-25-11-9-23/h12H,5-11H2,1-4H3. The van der Waals surface area contributed by atoms with Crippen molar-refractivity contribution < 1.29 is 13.9 Å². The molecule has 26 heavy (non-hydrogen) atoms. The summed E-state index contributed by atoms with van der Waals surface area (Å²) in [5.41, 5.74) is 1.04. The van der Waals surface area contributed by atoms with Crippen molar-refractivity contribution in [1.29, 1.82) is 0 Å². The lowest BCUT2D eigenvalue weighted by Crippen LogP contribution is -2.38. The van der Waals surface area contributed by atoms with Crippen LogP contribution >= 0.6 is 0 Å². The SMILES string of the molecule is CCN(CCN(C)C)C(=O)c1c(C)oc2ncnc(N3CCOCC3)c12. The van der Waals surface area contributed by atoms with Crippen molar-refractivity contribution in [2.75, 3.05) is 64.9 Å². The van der Waals surface area contributed by atoms with Gasteiger partial charge in [-0.3, -0.25) is 4.79 Å². The van der Waals surface area contributed by atoms with E-state index in [1.807, 2.05) is 32.8 Å². The number of morpholine rings is 1. The van der Waals surface area contributed by atoms with Crippen LogP contribution in [-0.4, -0.2) is 85.7 Å². The molecular formula is C18H27N5O3. The minimum absolute atomic E-state index is 0.0325. The van der Waals surface area contributed by atoms with Crippen LogP contribution < -0.4 is 4.90 Å². The van der Waals surface area contributed by atoms with Gasteiger partial charge in [0, 0.05) is 32.7 Å². The van der Waals surface area contributed by atoms with E-state index in [2.05, 4.69) is 19.8 Å². The number of carbonyl (C=O) groups is 1. The molecule has 3 heterocycles. The molecule has 1 aliphatic heterocycles. The maximum Gasteiger partial charge on any atom is 0.258 e. The van der Waals surface area contributed by atoms with E-state index in [1.54, 1.807) is 0 Å². The van der Waals surface area contributed by atoms with E-state index in [0.717, 1.165) is 25.5 Å². The summed E-state index contributed by atoms with van der Waals surface area (Å²) in [4.78, 5) is 28.0. The normalized spacial score (nSPS) is 15.0. The smallest absolute Gasteiger partial charge is 0.258 e. The van der Waals surface area contributed by atoms with Crippen molar-refractivity contribution in [3.63, 3.8) is 0 Å². The number of carbonyl (C=O) groups excluding carboxylic acids is 1. The first-order valence-electron chi connectivity index (χ1n) is 9.03. The molecule has 0 atom stereocenters. The number of aromatic nitrogens is 2. The van der Waals surface area contributed by atoms with Gasteiger partial charge < -0.3 is 23.9 Å². The number of furan rings is 1. The number of likely N-dealkylation sites (N-methyl/N-ethyl adjacent to an activating group) is 2. The van der Waals surface area contributed by atoms with Crippen LogP contribution in [0.5, 0.6) is 0 Å². The predicted octanol–water partition coefficient (Wildman–Crippen LogP) is 1.39. The van der Waals surface area contributed by atoms with Gasteiger partial charge in [0.25, 0.3) is 5.91 Å². The second-order valence-corrected chi connectivity index (χ2v) is 6.70. The highest BCUT2D eigenvalue weighted by atomic mass is 16.5. The molecule has 0 saturated carbocycles. The van der Waals surface area contributed by atoms with Crippen LogP contribution in [0.15, 0.2) is 10.7 Å². The van der Waals surface area contributed by atoms with Gasteiger partial charge in [-0.25, -0.2) is 9.97 Å². The number of anilines is 1. The highest BCUT2D eigenvalue weighted by Gasteiger charge is 2.28. The Hall–Kier alpha value is -2.19. The Labute approximate surface area is 153 Å². The third-order valence-electron chi connectivity index (χ3n) is 4.65. The number of rotatable bonds is 6. The molecule has 1 fully saturated rings. The molecule has 8 heteroatoms.